The summed E-state index contributed by atoms with van der Waals surface area (Å²) in [5, 5.41) is 9.23. The van der Waals surface area contributed by atoms with Crippen LogP contribution in [0.4, 0.5) is 4.79 Å². The molecule has 1 N–H and O–H groups in total. The monoisotopic (exact) mass is 289 g/mol. The maximum atomic E-state index is 12.3. The van der Waals surface area contributed by atoms with Gasteiger partial charge in [0.15, 0.2) is 0 Å². The molecular weight excluding hydrogens is 262 g/mol. The van der Waals surface area contributed by atoms with Crippen molar-refractivity contribution in [3.63, 3.8) is 0 Å². The van der Waals surface area contributed by atoms with Gasteiger partial charge in [-0.1, -0.05) is 0 Å². The molecule has 1 heterocycles. The summed E-state index contributed by atoms with van der Waals surface area (Å²) in [6.07, 6.45) is 1.72. The molecule has 0 bridgehead atoms. The third-order valence-electron chi connectivity index (χ3n) is 3.17. The van der Waals surface area contributed by atoms with Gasteiger partial charge < -0.3 is 24.2 Å². The highest BCUT2D eigenvalue weighted by Gasteiger charge is 2.36. The van der Waals surface area contributed by atoms with E-state index in [9.17, 15) is 9.90 Å². The number of likely N-dealkylation sites (tertiary alicyclic amines) is 1. The Hall–Kier alpha value is -0.850. The van der Waals surface area contributed by atoms with E-state index in [1.54, 1.807) is 12.0 Å². The number of aliphatic hydroxyl groups excluding tert-OH is 1. The number of amides is 1. The van der Waals surface area contributed by atoms with Crippen LogP contribution >= 0.6 is 0 Å². The van der Waals surface area contributed by atoms with Crippen LogP contribution in [0.2, 0.25) is 0 Å². The van der Waals surface area contributed by atoms with Crippen molar-refractivity contribution in [2.24, 2.45) is 0 Å². The molecule has 1 rings (SSSR count). The first-order chi connectivity index (χ1) is 9.39. The van der Waals surface area contributed by atoms with Gasteiger partial charge in [0.2, 0.25) is 0 Å². The smallest absolute Gasteiger partial charge is 0.410 e. The molecule has 1 aliphatic rings. The number of carbonyl (C=O) groups is 1. The van der Waals surface area contributed by atoms with E-state index in [2.05, 4.69) is 0 Å². The number of hydrogen-bond acceptors (Lipinski definition) is 5. The average Bonchev–Trinajstić information content (AvgIpc) is 2.35. The molecule has 0 aromatic heterocycles. The first-order valence-electron chi connectivity index (χ1n) is 7.10. The Morgan fingerprint density at radius 1 is 1.40 bits per heavy atom. The van der Waals surface area contributed by atoms with E-state index in [4.69, 9.17) is 14.2 Å². The summed E-state index contributed by atoms with van der Waals surface area (Å²) in [6.45, 7) is 6.36. The van der Waals surface area contributed by atoms with E-state index in [0.717, 1.165) is 12.8 Å². The van der Waals surface area contributed by atoms with Gasteiger partial charge in [0, 0.05) is 20.3 Å². The Balaban J connectivity index is 2.72. The lowest BCUT2D eigenvalue weighted by Crippen LogP contribution is -2.53. The van der Waals surface area contributed by atoms with Crippen LogP contribution in [0.1, 0.15) is 40.0 Å². The molecule has 1 amide bonds. The summed E-state index contributed by atoms with van der Waals surface area (Å²) in [7, 11) is 1.56. The predicted octanol–water partition coefficient (Wildman–Crippen LogP) is 1.76. The molecule has 0 saturated carbocycles. The van der Waals surface area contributed by atoms with Gasteiger partial charge in [0.1, 0.15) is 12.4 Å². The summed E-state index contributed by atoms with van der Waals surface area (Å²) >= 11 is 0. The molecule has 0 spiro atoms. The molecule has 1 saturated heterocycles. The SMILES string of the molecule is COCO[C@H]1CCCN(C(=O)OC(C)(C)C)[C@@H]1CCO. The van der Waals surface area contributed by atoms with Gasteiger partial charge in [-0.15, -0.1) is 0 Å². The first-order valence-corrected chi connectivity index (χ1v) is 7.10. The minimum Gasteiger partial charge on any atom is -0.444 e. The number of hydrogen-bond donors (Lipinski definition) is 1. The molecule has 0 aliphatic carbocycles. The molecule has 2 atom stereocenters. The van der Waals surface area contributed by atoms with Gasteiger partial charge in [0.25, 0.3) is 0 Å². The number of rotatable bonds is 5. The zero-order chi connectivity index (χ0) is 15.2. The average molecular weight is 289 g/mol. The van der Waals surface area contributed by atoms with Crippen molar-refractivity contribution < 1.29 is 24.1 Å². The molecule has 1 fully saturated rings. The van der Waals surface area contributed by atoms with Crippen molar-refractivity contribution >= 4 is 6.09 Å². The van der Waals surface area contributed by atoms with Gasteiger partial charge in [-0.2, -0.15) is 0 Å². The zero-order valence-electron chi connectivity index (χ0n) is 12.9. The maximum absolute atomic E-state index is 12.3. The Morgan fingerprint density at radius 2 is 2.10 bits per heavy atom. The van der Waals surface area contributed by atoms with Crippen LogP contribution < -0.4 is 0 Å². The van der Waals surface area contributed by atoms with Gasteiger partial charge in [0.05, 0.1) is 12.1 Å². The fraction of sp³-hybridized carbons (Fsp3) is 0.929. The fourth-order valence-electron chi connectivity index (χ4n) is 2.39. The highest BCUT2D eigenvalue weighted by Crippen LogP contribution is 2.25. The molecule has 6 heteroatoms. The minimum absolute atomic E-state index is 0.0107. The van der Waals surface area contributed by atoms with Crippen molar-refractivity contribution in [2.45, 2.75) is 57.8 Å². The van der Waals surface area contributed by atoms with Crippen LogP contribution in [-0.4, -0.2) is 60.9 Å². The summed E-state index contributed by atoms with van der Waals surface area (Å²) in [5.74, 6) is 0. The van der Waals surface area contributed by atoms with E-state index in [1.807, 2.05) is 20.8 Å². The Labute approximate surface area is 121 Å². The van der Waals surface area contributed by atoms with Crippen LogP contribution in [0.25, 0.3) is 0 Å². The normalized spacial score (nSPS) is 23.8. The number of piperidine rings is 1. The second-order valence-electron chi connectivity index (χ2n) is 6.01. The zero-order valence-corrected chi connectivity index (χ0v) is 12.9. The standard InChI is InChI=1S/C14H27NO5/c1-14(2,3)20-13(17)15-8-5-6-12(19-10-18-4)11(15)7-9-16/h11-12,16H,5-10H2,1-4H3/t11-,12+/m1/s1. The third-order valence-corrected chi connectivity index (χ3v) is 3.17. The Bertz CT molecular complexity index is 302. The number of nitrogens with zero attached hydrogens (tertiary/aromatic N) is 1. The lowest BCUT2D eigenvalue weighted by Gasteiger charge is -2.41. The number of aliphatic hydroxyl groups is 1. The van der Waals surface area contributed by atoms with E-state index in [-0.39, 0.29) is 31.6 Å². The highest BCUT2D eigenvalue weighted by atomic mass is 16.7. The quantitative estimate of drug-likeness (QED) is 0.781. The molecule has 0 aromatic rings. The number of carbonyl (C=O) groups excluding carboxylic acids is 1. The number of ether oxygens (including phenoxy) is 3. The Morgan fingerprint density at radius 3 is 2.65 bits per heavy atom. The van der Waals surface area contributed by atoms with E-state index < -0.39 is 5.60 Å². The van der Waals surface area contributed by atoms with Gasteiger partial charge in [-0.3, -0.25) is 0 Å². The van der Waals surface area contributed by atoms with Crippen LogP contribution in [0, 0.1) is 0 Å². The number of methoxy groups -OCH3 is 1. The molecule has 1 aliphatic heterocycles. The van der Waals surface area contributed by atoms with Crippen molar-refractivity contribution in [3.05, 3.63) is 0 Å². The van der Waals surface area contributed by atoms with E-state index >= 15 is 0 Å². The molecule has 118 valence electrons. The third kappa shape index (κ3) is 5.26. The Kier molecular flexibility index (Phi) is 6.71. The molecule has 0 unspecified atom stereocenters. The second kappa shape index (κ2) is 7.81. The molecule has 0 aromatic carbocycles. The lowest BCUT2D eigenvalue weighted by atomic mass is 9.96. The minimum atomic E-state index is -0.527. The summed E-state index contributed by atoms with van der Waals surface area (Å²) in [5.41, 5.74) is -0.527. The predicted molar refractivity (Wildman–Crippen MR) is 74.4 cm³/mol. The molecular formula is C14H27NO5. The first kappa shape index (κ1) is 17.2. The fourth-order valence-corrected chi connectivity index (χ4v) is 2.39. The van der Waals surface area contributed by atoms with Crippen LogP contribution in [-0.2, 0) is 14.2 Å². The summed E-state index contributed by atoms with van der Waals surface area (Å²) in [4.78, 5) is 13.9. The van der Waals surface area contributed by atoms with Crippen LogP contribution in [0.5, 0.6) is 0 Å². The maximum Gasteiger partial charge on any atom is 0.410 e. The van der Waals surface area contributed by atoms with Crippen LogP contribution in [0.3, 0.4) is 0 Å². The van der Waals surface area contributed by atoms with E-state index in [0.29, 0.717) is 13.0 Å². The second-order valence-corrected chi connectivity index (χ2v) is 6.01. The summed E-state index contributed by atoms with van der Waals surface area (Å²) in [6, 6.07) is -0.168. The van der Waals surface area contributed by atoms with Crippen molar-refractivity contribution in [3.8, 4) is 0 Å². The largest absolute Gasteiger partial charge is 0.444 e. The highest BCUT2D eigenvalue weighted by molar-refractivity contribution is 5.68. The van der Waals surface area contributed by atoms with Gasteiger partial charge in [-0.25, -0.2) is 4.79 Å². The topological polar surface area (TPSA) is 68.2 Å². The molecule has 0 radical (unpaired) electrons. The van der Waals surface area contributed by atoms with Crippen molar-refractivity contribution in [1.29, 1.82) is 0 Å². The van der Waals surface area contributed by atoms with Crippen molar-refractivity contribution in [1.82, 2.24) is 4.90 Å². The van der Waals surface area contributed by atoms with Gasteiger partial charge >= 0.3 is 6.09 Å². The lowest BCUT2D eigenvalue weighted by molar-refractivity contribution is -0.116. The molecule has 6 nitrogen and oxygen atoms in total. The van der Waals surface area contributed by atoms with Crippen molar-refractivity contribution in [2.75, 3.05) is 27.1 Å². The van der Waals surface area contributed by atoms with E-state index in [1.165, 1.54) is 0 Å². The summed E-state index contributed by atoms with van der Waals surface area (Å²) < 4.78 is 16.0. The van der Waals surface area contributed by atoms with Gasteiger partial charge in [-0.05, 0) is 40.0 Å². The van der Waals surface area contributed by atoms with Crippen LogP contribution in [0.15, 0.2) is 0 Å². The molecule has 20 heavy (non-hydrogen) atoms.